The van der Waals surface area contributed by atoms with Crippen LogP contribution in [0.4, 0.5) is 13.2 Å². The highest BCUT2D eigenvalue weighted by Gasteiger charge is 2.38. The lowest BCUT2D eigenvalue weighted by Gasteiger charge is -2.23. The van der Waals surface area contributed by atoms with Gasteiger partial charge in [0.2, 0.25) is 0 Å². The minimum atomic E-state index is -5.08. The van der Waals surface area contributed by atoms with E-state index in [0.29, 0.717) is 0 Å². The standard InChI is InChI=1S/C20H23N3.C2HF3O2/c1-12-10-23-11-16(8-18(23)13(2)22-12)14-5-6-15-9-20(3,4)19(21)17(15)7-14;3-2(4,5)1(6)7/h5-8,10-11,19H,9,21H2,1-4H3;(H,6,7). The first-order chi connectivity index (χ1) is 13.8. The third-order valence-electron chi connectivity index (χ3n) is 5.43. The van der Waals surface area contributed by atoms with Crippen LogP contribution in [0, 0.1) is 19.3 Å². The van der Waals surface area contributed by atoms with Crippen molar-refractivity contribution in [2.75, 3.05) is 0 Å². The van der Waals surface area contributed by atoms with Gasteiger partial charge in [-0.15, -0.1) is 0 Å². The summed E-state index contributed by atoms with van der Waals surface area (Å²) in [5.41, 5.74) is 15.0. The molecule has 2 aromatic heterocycles. The number of alkyl halides is 3. The van der Waals surface area contributed by atoms with Crippen LogP contribution in [0.25, 0.3) is 16.6 Å². The van der Waals surface area contributed by atoms with Crippen LogP contribution in [0.1, 0.15) is 42.4 Å². The Hall–Kier alpha value is -2.87. The molecule has 30 heavy (non-hydrogen) atoms. The van der Waals surface area contributed by atoms with Gasteiger partial charge < -0.3 is 15.2 Å². The van der Waals surface area contributed by atoms with Crippen molar-refractivity contribution in [3.63, 3.8) is 0 Å². The number of hydrogen-bond acceptors (Lipinski definition) is 3. The summed E-state index contributed by atoms with van der Waals surface area (Å²) in [6.45, 7) is 8.60. The predicted molar refractivity (Wildman–Crippen MR) is 108 cm³/mol. The van der Waals surface area contributed by atoms with Gasteiger partial charge in [-0.05, 0) is 54.5 Å². The number of benzene rings is 1. The van der Waals surface area contributed by atoms with E-state index in [4.69, 9.17) is 15.6 Å². The molecule has 0 fully saturated rings. The molecule has 0 saturated carbocycles. The van der Waals surface area contributed by atoms with E-state index in [9.17, 15) is 13.2 Å². The maximum Gasteiger partial charge on any atom is 0.490 e. The van der Waals surface area contributed by atoms with Gasteiger partial charge in [0.25, 0.3) is 0 Å². The molecule has 1 aliphatic rings. The summed E-state index contributed by atoms with van der Waals surface area (Å²) in [5, 5.41) is 7.12. The van der Waals surface area contributed by atoms with E-state index in [1.54, 1.807) is 0 Å². The number of fused-ring (bicyclic) bond motifs is 2. The first-order valence-corrected chi connectivity index (χ1v) is 9.44. The molecule has 3 N–H and O–H groups in total. The van der Waals surface area contributed by atoms with E-state index >= 15 is 0 Å². The van der Waals surface area contributed by atoms with E-state index in [-0.39, 0.29) is 11.5 Å². The van der Waals surface area contributed by atoms with Gasteiger partial charge in [-0.1, -0.05) is 26.0 Å². The normalized spacial score (nSPS) is 17.4. The number of aliphatic carboxylic acids is 1. The van der Waals surface area contributed by atoms with Gasteiger partial charge in [0.15, 0.2) is 0 Å². The average molecular weight is 419 g/mol. The highest BCUT2D eigenvalue weighted by molar-refractivity contribution is 5.73. The monoisotopic (exact) mass is 419 g/mol. The molecule has 5 nitrogen and oxygen atoms in total. The van der Waals surface area contributed by atoms with E-state index in [1.807, 2.05) is 6.92 Å². The summed E-state index contributed by atoms with van der Waals surface area (Å²) < 4.78 is 33.9. The fourth-order valence-electron chi connectivity index (χ4n) is 3.83. The van der Waals surface area contributed by atoms with Crippen LogP contribution in [0.5, 0.6) is 0 Å². The van der Waals surface area contributed by atoms with Crippen LogP contribution in [-0.4, -0.2) is 26.6 Å². The molecule has 0 aliphatic heterocycles. The third-order valence-corrected chi connectivity index (χ3v) is 5.43. The van der Waals surface area contributed by atoms with Gasteiger partial charge in [0.1, 0.15) is 0 Å². The number of carboxylic acid groups (broad SMARTS) is 1. The third kappa shape index (κ3) is 4.18. The number of rotatable bonds is 1. The van der Waals surface area contributed by atoms with E-state index < -0.39 is 12.1 Å². The van der Waals surface area contributed by atoms with E-state index in [1.165, 1.54) is 22.3 Å². The summed E-state index contributed by atoms with van der Waals surface area (Å²) in [5.74, 6) is -2.76. The molecule has 1 unspecified atom stereocenters. The number of carboxylic acids is 1. The fraction of sp³-hybridized carbons (Fsp3) is 0.364. The Morgan fingerprint density at radius 3 is 2.43 bits per heavy atom. The zero-order valence-corrected chi connectivity index (χ0v) is 17.2. The van der Waals surface area contributed by atoms with Crippen LogP contribution in [-0.2, 0) is 11.2 Å². The predicted octanol–water partition coefficient (Wildman–Crippen LogP) is 4.83. The minimum absolute atomic E-state index is 0.111. The molecule has 2 heterocycles. The summed E-state index contributed by atoms with van der Waals surface area (Å²) in [7, 11) is 0. The molecule has 160 valence electrons. The molecule has 8 heteroatoms. The van der Waals surface area contributed by atoms with Crippen molar-refractivity contribution in [3.05, 3.63) is 59.2 Å². The van der Waals surface area contributed by atoms with Gasteiger partial charge in [0, 0.05) is 24.0 Å². The van der Waals surface area contributed by atoms with Crippen molar-refractivity contribution in [2.24, 2.45) is 11.1 Å². The quantitative estimate of drug-likeness (QED) is 0.592. The van der Waals surface area contributed by atoms with Crippen LogP contribution >= 0.6 is 0 Å². The maximum absolute atomic E-state index is 10.6. The van der Waals surface area contributed by atoms with Crippen molar-refractivity contribution in [1.82, 2.24) is 9.38 Å². The largest absolute Gasteiger partial charge is 0.490 e. The van der Waals surface area contributed by atoms with Gasteiger partial charge in [-0.2, -0.15) is 13.2 Å². The molecule has 1 aliphatic carbocycles. The smallest absolute Gasteiger partial charge is 0.475 e. The van der Waals surface area contributed by atoms with Gasteiger partial charge in [0.05, 0.1) is 16.9 Å². The van der Waals surface area contributed by atoms with E-state index in [0.717, 1.165) is 23.3 Å². The lowest BCUT2D eigenvalue weighted by Crippen LogP contribution is -2.24. The first-order valence-electron chi connectivity index (χ1n) is 9.44. The number of hydrogen-bond donors (Lipinski definition) is 2. The lowest BCUT2D eigenvalue weighted by atomic mass is 9.86. The summed E-state index contributed by atoms with van der Waals surface area (Å²) in [4.78, 5) is 13.5. The zero-order chi connectivity index (χ0) is 22.4. The minimum Gasteiger partial charge on any atom is -0.475 e. The first kappa shape index (κ1) is 21.8. The number of aryl methyl sites for hydroxylation is 2. The molecule has 4 rings (SSSR count). The Morgan fingerprint density at radius 2 is 1.83 bits per heavy atom. The number of nitrogens with two attached hydrogens (primary N) is 1. The van der Waals surface area contributed by atoms with Gasteiger partial charge in [-0.3, -0.25) is 4.98 Å². The number of halogens is 3. The molecule has 0 saturated heterocycles. The Bertz CT molecular complexity index is 1120. The van der Waals surface area contributed by atoms with Crippen LogP contribution in [0.2, 0.25) is 0 Å². The van der Waals surface area contributed by atoms with E-state index in [2.05, 4.69) is 66.8 Å². The van der Waals surface area contributed by atoms with Crippen LogP contribution < -0.4 is 5.73 Å². The second-order valence-electron chi connectivity index (χ2n) is 8.35. The van der Waals surface area contributed by atoms with Gasteiger partial charge >= 0.3 is 12.1 Å². The molecule has 1 aromatic carbocycles. The summed E-state index contributed by atoms with van der Waals surface area (Å²) >= 11 is 0. The van der Waals surface area contributed by atoms with Crippen molar-refractivity contribution >= 4 is 11.5 Å². The molecule has 0 spiro atoms. The highest BCUT2D eigenvalue weighted by Crippen LogP contribution is 2.44. The molecule has 0 bridgehead atoms. The Morgan fingerprint density at radius 1 is 1.20 bits per heavy atom. The Labute approximate surface area is 172 Å². The Kier molecular flexibility index (Phi) is 5.41. The molecule has 0 amide bonds. The second-order valence-corrected chi connectivity index (χ2v) is 8.35. The number of nitrogens with zero attached hydrogens (tertiary/aromatic N) is 2. The molecule has 0 radical (unpaired) electrons. The molecule has 3 aromatic rings. The van der Waals surface area contributed by atoms with Crippen LogP contribution in [0.3, 0.4) is 0 Å². The SMILES string of the molecule is Cc1cn2cc(-c3ccc4c(c3)C(N)C(C)(C)C4)cc2c(C)n1.O=C(O)C(F)(F)F. The fourth-order valence-corrected chi connectivity index (χ4v) is 3.83. The van der Waals surface area contributed by atoms with Crippen LogP contribution in [0.15, 0.2) is 36.7 Å². The van der Waals surface area contributed by atoms with Crippen molar-refractivity contribution < 1.29 is 23.1 Å². The topological polar surface area (TPSA) is 80.6 Å². The Balaban J connectivity index is 0.000000318. The molecular weight excluding hydrogens is 395 g/mol. The van der Waals surface area contributed by atoms with Crippen molar-refractivity contribution in [1.29, 1.82) is 0 Å². The zero-order valence-electron chi connectivity index (χ0n) is 17.2. The van der Waals surface area contributed by atoms with Crippen molar-refractivity contribution in [3.8, 4) is 11.1 Å². The highest BCUT2D eigenvalue weighted by atomic mass is 19.4. The second kappa shape index (κ2) is 7.43. The number of carbonyl (C=O) groups is 1. The average Bonchev–Trinajstić information content (AvgIpc) is 3.14. The number of aromatic nitrogens is 2. The lowest BCUT2D eigenvalue weighted by molar-refractivity contribution is -0.192. The summed E-state index contributed by atoms with van der Waals surface area (Å²) in [6.07, 6.45) is 0.238. The molecular formula is C22H24F3N3O2. The molecule has 1 atom stereocenters. The maximum atomic E-state index is 10.6. The van der Waals surface area contributed by atoms with Gasteiger partial charge in [-0.25, -0.2) is 4.79 Å². The summed E-state index contributed by atoms with van der Waals surface area (Å²) in [6, 6.07) is 9.07. The van der Waals surface area contributed by atoms with Crippen molar-refractivity contribution in [2.45, 2.75) is 46.3 Å².